The predicted molar refractivity (Wildman–Crippen MR) is 118 cm³/mol. The third kappa shape index (κ3) is 5.13. The lowest BCUT2D eigenvalue weighted by Gasteiger charge is -2.34. The van der Waals surface area contributed by atoms with E-state index in [9.17, 15) is 15.2 Å². The molecular weight excluding hydrogens is 398 g/mol. The number of carbonyl (C=O) groups excluding carboxylic acids is 1. The molecule has 0 fully saturated rings. The Balaban J connectivity index is 1.77. The summed E-state index contributed by atoms with van der Waals surface area (Å²) in [7, 11) is 0. The van der Waals surface area contributed by atoms with Gasteiger partial charge in [0.2, 0.25) is 0 Å². The molecule has 6 nitrogen and oxygen atoms in total. The summed E-state index contributed by atoms with van der Waals surface area (Å²) < 4.78 is 5.53. The standard InChI is InChI=1S/C23H29N3O3S/c1-14-6-8-16(9-7-14)11-20(27)25-21-17(12-24)18-13-26(15(2)10-19(18)30-21)22(28)29-23(3,4)5/h6-9,15,20,25,27H,10-11,13H2,1-5H3. The summed E-state index contributed by atoms with van der Waals surface area (Å²) >= 11 is 1.49. The lowest BCUT2D eigenvalue weighted by atomic mass is 10.0. The fraction of sp³-hybridized carbons (Fsp3) is 0.478. The Kier molecular flexibility index (Phi) is 6.39. The van der Waals surface area contributed by atoms with E-state index in [2.05, 4.69) is 11.4 Å². The summed E-state index contributed by atoms with van der Waals surface area (Å²) in [5.74, 6) is 0. The first-order valence-electron chi connectivity index (χ1n) is 10.1. The molecule has 0 aliphatic carbocycles. The monoisotopic (exact) mass is 427 g/mol. The van der Waals surface area contributed by atoms with Crippen LogP contribution in [-0.2, 0) is 24.1 Å². The van der Waals surface area contributed by atoms with Crippen LogP contribution in [0.25, 0.3) is 0 Å². The molecule has 1 aromatic carbocycles. The van der Waals surface area contributed by atoms with Crippen LogP contribution in [0.2, 0.25) is 0 Å². The van der Waals surface area contributed by atoms with E-state index in [-0.39, 0.29) is 12.1 Å². The zero-order valence-corrected chi connectivity index (χ0v) is 19.0. The van der Waals surface area contributed by atoms with Crippen LogP contribution in [0.15, 0.2) is 24.3 Å². The van der Waals surface area contributed by atoms with Gasteiger partial charge in [0.25, 0.3) is 0 Å². The van der Waals surface area contributed by atoms with Crippen LogP contribution >= 0.6 is 11.3 Å². The molecule has 30 heavy (non-hydrogen) atoms. The van der Waals surface area contributed by atoms with Crippen molar-refractivity contribution in [2.24, 2.45) is 0 Å². The number of ether oxygens (including phenoxy) is 1. The van der Waals surface area contributed by atoms with Crippen molar-refractivity contribution in [1.82, 2.24) is 4.90 Å². The second-order valence-corrected chi connectivity index (χ2v) is 9.94. The lowest BCUT2D eigenvalue weighted by molar-refractivity contribution is 0.0140. The minimum atomic E-state index is -0.806. The molecule has 3 rings (SSSR count). The molecule has 0 bridgehead atoms. The molecule has 160 valence electrons. The zero-order chi connectivity index (χ0) is 22.1. The molecule has 0 radical (unpaired) electrons. The Hall–Kier alpha value is -2.56. The summed E-state index contributed by atoms with van der Waals surface area (Å²) in [6.45, 7) is 9.86. The van der Waals surface area contributed by atoms with E-state index in [0.29, 0.717) is 30.0 Å². The van der Waals surface area contributed by atoms with E-state index < -0.39 is 11.8 Å². The van der Waals surface area contributed by atoms with Gasteiger partial charge in [0.15, 0.2) is 0 Å². The van der Waals surface area contributed by atoms with Crippen LogP contribution in [0.3, 0.4) is 0 Å². The summed E-state index contributed by atoms with van der Waals surface area (Å²) in [6.07, 6.45) is -0.0819. The van der Waals surface area contributed by atoms with Crippen molar-refractivity contribution >= 4 is 22.4 Å². The Morgan fingerprint density at radius 2 is 2.07 bits per heavy atom. The summed E-state index contributed by atoms with van der Waals surface area (Å²) in [6, 6.07) is 10.2. The van der Waals surface area contributed by atoms with Crippen LogP contribution < -0.4 is 5.32 Å². The topological polar surface area (TPSA) is 85.6 Å². The van der Waals surface area contributed by atoms with E-state index in [1.54, 1.807) is 4.90 Å². The molecule has 0 saturated carbocycles. The third-order valence-corrected chi connectivity index (χ3v) is 6.20. The molecule has 2 unspecified atom stereocenters. The second-order valence-electron chi connectivity index (χ2n) is 8.83. The van der Waals surface area contributed by atoms with Gasteiger partial charge in [-0.05, 0) is 40.2 Å². The maximum absolute atomic E-state index is 12.6. The molecule has 1 aromatic heterocycles. The molecule has 2 N–H and O–H groups in total. The van der Waals surface area contributed by atoms with Gasteiger partial charge >= 0.3 is 6.09 Å². The summed E-state index contributed by atoms with van der Waals surface area (Å²) in [4.78, 5) is 15.4. The minimum Gasteiger partial charge on any atom is -0.444 e. The van der Waals surface area contributed by atoms with Crippen molar-refractivity contribution in [2.75, 3.05) is 5.32 Å². The van der Waals surface area contributed by atoms with E-state index >= 15 is 0 Å². The van der Waals surface area contributed by atoms with Gasteiger partial charge in [-0.3, -0.25) is 0 Å². The molecule has 0 saturated heterocycles. The Labute approximate surface area is 182 Å². The highest BCUT2D eigenvalue weighted by Gasteiger charge is 2.34. The Morgan fingerprint density at radius 3 is 2.67 bits per heavy atom. The van der Waals surface area contributed by atoms with Gasteiger partial charge in [-0.1, -0.05) is 29.8 Å². The predicted octanol–water partition coefficient (Wildman–Crippen LogP) is 4.58. The number of hydrogen-bond donors (Lipinski definition) is 2. The van der Waals surface area contributed by atoms with Crippen molar-refractivity contribution in [3.8, 4) is 6.07 Å². The van der Waals surface area contributed by atoms with E-state index in [0.717, 1.165) is 16.0 Å². The van der Waals surface area contributed by atoms with Crippen LogP contribution in [0.5, 0.6) is 0 Å². The van der Waals surface area contributed by atoms with Crippen molar-refractivity contribution in [1.29, 1.82) is 5.26 Å². The van der Waals surface area contributed by atoms with Crippen molar-refractivity contribution in [3.05, 3.63) is 51.4 Å². The number of fused-ring (bicyclic) bond motifs is 1. The van der Waals surface area contributed by atoms with E-state index in [1.807, 2.05) is 58.9 Å². The number of amides is 1. The van der Waals surface area contributed by atoms with Crippen LogP contribution in [0.1, 0.15) is 54.8 Å². The van der Waals surface area contributed by atoms with Gasteiger partial charge < -0.3 is 20.1 Å². The molecule has 0 spiro atoms. The number of carbonyl (C=O) groups is 1. The molecule has 2 aromatic rings. The van der Waals surface area contributed by atoms with Gasteiger partial charge in [0, 0.05) is 29.3 Å². The largest absolute Gasteiger partial charge is 0.444 e. The van der Waals surface area contributed by atoms with Gasteiger partial charge in [0.1, 0.15) is 22.9 Å². The molecule has 2 heterocycles. The number of nitrogens with one attached hydrogen (secondary N) is 1. The molecule has 2 atom stereocenters. The second kappa shape index (κ2) is 8.66. The quantitative estimate of drug-likeness (QED) is 0.698. The molecule has 1 aliphatic heterocycles. The van der Waals surface area contributed by atoms with Gasteiger partial charge in [-0.25, -0.2) is 4.79 Å². The maximum Gasteiger partial charge on any atom is 0.410 e. The van der Waals surface area contributed by atoms with Gasteiger partial charge in [-0.2, -0.15) is 5.26 Å². The van der Waals surface area contributed by atoms with Gasteiger partial charge in [-0.15, -0.1) is 11.3 Å². The van der Waals surface area contributed by atoms with Gasteiger partial charge in [0.05, 0.1) is 12.1 Å². The number of hydrogen-bond acceptors (Lipinski definition) is 6. The highest BCUT2D eigenvalue weighted by molar-refractivity contribution is 7.16. The Bertz CT molecular complexity index is 954. The first kappa shape index (κ1) is 22.1. The highest BCUT2D eigenvalue weighted by atomic mass is 32.1. The first-order valence-corrected chi connectivity index (χ1v) is 10.9. The smallest absolute Gasteiger partial charge is 0.410 e. The van der Waals surface area contributed by atoms with Crippen molar-refractivity contribution in [3.63, 3.8) is 0 Å². The summed E-state index contributed by atoms with van der Waals surface area (Å²) in [5, 5.41) is 24.1. The number of rotatable bonds is 4. The zero-order valence-electron chi connectivity index (χ0n) is 18.2. The number of aliphatic hydroxyl groups is 1. The number of nitrogens with zero attached hydrogens (tertiary/aromatic N) is 2. The summed E-state index contributed by atoms with van der Waals surface area (Å²) in [5.41, 5.74) is 2.96. The third-order valence-electron chi connectivity index (χ3n) is 5.02. The van der Waals surface area contributed by atoms with Crippen molar-refractivity contribution in [2.45, 2.75) is 71.9 Å². The minimum absolute atomic E-state index is 0.0251. The molecular formula is C23H29N3O3S. The first-order chi connectivity index (χ1) is 14.1. The number of thiophene rings is 1. The van der Waals surface area contributed by atoms with Crippen LogP contribution in [0.4, 0.5) is 9.80 Å². The van der Waals surface area contributed by atoms with Crippen molar-refractivity contribution < 1.29 is 14.6 Å². The average Bonchev–Trinajstić information content (AvgIpc) is 2.96. The van der Waals surface area contributed by atoms with E-state index in [1.165, 1.54) is 16.9 Å². The number of aliphatic hydroxyl groups excluding tert-OH is 1. The average molecular weight is 428 g/mol. The molecule has 1 aliphatic rings. The lowest BCUT2D eigenvalue weighted by Crippen LogP contribution is -2.44. The van der Waals surface area contributed by atoms with E-state index in [4.69, 9.17) is 4.74 Å². The fourth-order valence-corrected chi connectivity index (χ4v) is 4.81. The van der Waals surface area contributed by atoms with Crippen LogP contribution in [0, 0.1) is 18.3 Å². The molecule has 7 heteroatoms. The number of nitriles is 1. The Morgan fingerprint density at radius 1 is 1.40 bits per heavy atom. The normalized spacial score (nSPS) is 17.1. The highest BCUT2D eigenvalue weighted by Crippen LogP contribution is 2.39. The number of anilines is 1. The van der Waals surface area contributed by atoms with Crippen LogP contribution in [-0.4, -0.2) is 34.0 Å². The fourth-order valence-electron chi connectivity index (χ4n) is 3.48. The number of benzene rings is 1. The SMILES string of the molecule is Cc1ccc(CC(O)Nc2sc3c(c2C#N)CN(C(=O)OC(C)(C)C)C(C)C3)cc1. The maximum atomic E-state index is 12.6. The number of aryl methyl sites for hydroxylation is 1. The molecule has 1 amide bonds.